The van der Waals surface area contributed by atoms with Crippen molar-refractivity contribution in [2.24, 2.45) is 0 Å². The van der Waals surface area contributed by atoms with E-state index in [0.717, 1.165) is 0 Å². The van der Waals surface area contributed by atoms with E-state index in [4.69, 9.17) is 11.8 Å². The Bertz CT molecular complexity index is 314. The van der Waals surface area contributed by atoms with E-state index in [0.29, 0.717) is 11.3 Å². The Kier molecular flexibility index (Phi) is 7.33. The van der Waals surface area contributed by atoms with Gasteiger partial charge in [0.2, 0.25) is 0 Å². The molecule has 90 valence electrons. The van der Waals surface area contributed by atoms with Crippen LogP contribution >= 0.6 is 11.8 Å². The van der Waals surface area contributed by atoms with Crippen LogP contribution in [0.5, 0.6) is 0 Å². The second-order valence-electron chi connectivity index (χ2n) is 2.64. The minimum atomic E-state index is -1.25. The van der Waals surface area contributed by atoms with E-state index >= 15 is 0 Å². The highest BCUT2D eigenvalue weighted by Gasteiger charge is 2.17. The lowest BCUT2D eigenvalue weighted by Gasteiger charge is -2.08. The molecule has 0 bridgehead atoms. The fourth-order valence-corrected chi connectivity index (χ4v) is 1.10. The molecule has 0 saturated heterocycles. The zero-order valence-corrected chi connectivity index (χ0v) is 10.3. The molecule has 1 atom stereocenters. The number of hydrogen-bond acceptors (Lipinski definition) is 4. The van der Waals surface area contributed by atoms with Crippen molar-refractivity contribution < 1.29 is 14.6 Å². The summed E-state index contributed by atoms with van der Waals surface area (Å²) >= 11 is 5.34. The summed E-state index contributed by atoms with van der Waals surface area (Å²) in [5.41, 5.74) is 1.15. The predicted octanol–water partition coefficient (Wildman–Crippen LogP) is 2.48. The number of hydrogen-bond donors (Lipinski definition) is 2. The third-order valence-electron chi connectivity index (χ3n) is 1.76. The molecule has 1 unspecified atom stereocenters. The standard InChI is InChI=1S/C9H10ClNO3.C2H6/c1-14-9(13)8(12)6-2-4-7(11-10)5-3-6;1-2/h2-5,8,11-12H,1H3;1-2H3. The Morgan fingerprint density at radius 3 is 2.25 bits per heavy atom. The van der Waals surface area contributed by atoms with Crippen molar-refractivity contribution in [1.82, 2.24) is 0 Å². The van der Waals surface area contributed by atoms with Crippen molar-refractivity contribution in [3.05, 3.63) is 29.8 Å². The molecule has 0 aromatic heterocycles. The number of aliphatic hydroxyl groups is 1. The molecule has 2 N–H and O–H groups in total. The average Bonchev–Trinajstić information content (AvgIpc) is 2.39. The van der Waals surface area contributed by atoms with Crippen molar-refractivity contribution in [2.75, 3.05) is 11.9 Å². The second kappa shape index (κ2) is 7.96. The van der Waals surface area contributed by atoms with Crippen LogP contribution in [0.3, 0.4) is 0 Å². The Balaban J connectivity index is 0.00000106. The van der Waals surface area contributed by atoms with Gasteiger partial charge in [0, 0.05) is 17.5 Å². The molecule has 16 heavy (non-hydrogen) atoms. The second-order valence-corrected chi connectivity index (χ2v) is 2.83. The number of nitrogens with one attached hydrogen (secondary N) is 1. The zero-order chi connectivity index (χ0) is 12.6. The van der Waals surface area contributed by atoms with Gasteiger partial charge in [-0.1, -0.05) is 26.0 Å². The molecule has 0 radical (unpaired) electrons. The fraction of sp³-hybridized carbons (Fsp3) is 0.364. The number of benzene rings is 1. The number of anilines is 1. The highest BCUT2D eigenvalue weighted by atomic mass is 35.5. The van der Waals surface area contributed by atoms with Crippen molar-refractivity contribution >= 4 is 23.4 Å². The molecule has 1 rings (SSSR count). The number of carbonyl (C=O) groups is 1. The molecule has 0 aliphatic carbocycles. The molecular formula is C11H16ClNO3. The van der Waals surface area contributed by atoms with Crippen molar-refractivity contribution in [2.45, 2.75) is 20.0 Å². The number of halogens is 1. The van der Waals surface area contributed by atoms with Crippen LogP contribution < -0.4 is 4.84 Å². The van der Waals surface area contributed by atoms with Crippen LogP contribution in [0.2, 0.25) is 0 Å². The van der Waals surface area contributed by atoms with Gasteiger partial charge in [-0.2, -0.15) is 0 Å². The van der Waals surface area contributed by atoms with Crippen LogP contribution in [0.4, 0.5) is 5.69 Å². The van der Waals surface area contributed by atoms with Gasteiger partial charge in [0.05, 0.1) is 7.11 Å². The lowest BCUT2D eigenvalue weighted by Crippen LogP contribution is -2.13. The summed E-state index contributed by atoms with van der Waals surface area (Å²) in [7, 11) is 1.22. The van der Waals surface area contributed by atoms with Crippen LogP contribution in [-0.2, 0) is 9.53 Å². The Hall–Kier alpha value is -1.26. The number of methoxy groups -OCH3 is 1. The predicted molar refractivity (Wildman–Crippen MR) is 64.2 cm³/mol. The first-order valence-electron chi connectivity index (χ1n) is 4.91. The normalized spacial score (nSPS) is 10.8. The van der Waals surface area contributed by atoms with Gasteiger partial charge in [0.15, 0.2) is 6.10 Å². The highest BCUT2D eigenvalue weighted by Crippen LogP contribution is 2.17. The summed E-state index contributed by atoms with van der Waals surface area (Å²) < 4.78 is 4.39. The number of esters is 1. The molecule has 0 saturated carbocycles. The molecule has 1 aromatic rings. The smallest absolute Gasteiger partial charge is 0.339 e. The molecular weight excluding hydrogens is 230 g/mol. The SMILES string of the molecule is CC.COC(=O)C(O)c1ccc(NCl)cc1. The van der Waals surface area contributed by atoms with E-state index in [9.17, 15) is 9.90 Å². The molecule has 0 amide bonds. The van der Waals surface area contributed by atoms with Crippen LogP contribution in [0.1, 0.15) is 25.5 Å². The Morgan fingerprint density at radius 2 is 1.88 bits per heavy atom. The van der Waals surface area contributed by atoms with Gasteiger partial charge >= 0.3 is 5.97 Å². The summed E-state index contributed by atoms with van der Waals surface area (Å²) in [6.45, 7) is 4.00. The minimum absolute atomic E-state index is 0.465. The van der Waals surface area contributed by atoms with Crippen LogP contribution in [-0.4, -0.2) is 18.2 Å². The highest BCUT2D eigenvalue weighted by molar-refractivity contribution is 6.23. The van der Waals surface area contributed by atoms with Gasteiger partial charge in [0.25, 0.3) is 0 Å². The third-order valence-corrected chi connectivity index (χ3v) is 1.98. The van der Waals surface area contributed by atoms with Crippen molar-refractivity contribution in [1.29, 1.82) is 0 Å². The lowest BCUT2D eigenvalue weighted by molar-refractivity contribution is -0.150. The van der Waals surface area contributed by atoms with E-state index in [2.05, 4.69) is 9.57 Å². The summed E-state index contributed by atoms with van der Waals surface area (Å²) in [5.74, 6) is -0.684. The number of carbonyl (C=O) groups excluding carboxylic acids is 1. The molecule has 5 heteroatoms. The van der Waals surface area contributed by atoms with Gasteiger partial charge in [-0.3, -0.25) is 4.84 Å². The quantitative estimate of drug-likeness (QED) is 0.635. The van der Waals surface area contributed by atoms with E-state index in [1.807, 2.05) is 13.8 Å². The van der Waals surface area contributed by atoms with E-state index in [1.165, 1.54) is 7.11 Å². The van der Waals surface area contributed by atoms with Gasteiger partial charge in [-0.05, 0) is 17.7 Å². The van der Waals surface area contributed by atoms with E-state index in [1.54, 1.807) is 24.3 Å². The Morgan fingerprint density at radius 1 is 1.38 bits per heavy atom. The maximum absolute atomic E-state index is 11.0. The van der Waals surface area contributed by atoms with Gasteiger partial charge < -0.3 is 9.84 Å². The molecule has 1 aromatic carbocycles. The van der Waals surface area contributed by atoms with Crippen molar-refractivity contribution in [3.63, 3.8) is 0 Å². The molecule has 0 heterocycles. The fourth-order valence-electron chi connectivity index (χ4n) is 0.976. The molecule has 4 nitrogen and oxygen atoms in total. The topological polar surface area (TPSA) is 58.6 Å². The Labute approximate surface area is 100 Å². The van der Waals surface area contributed by atoms with Crippen molar-refractivity contribution in [3.8, 4) is 0 Å². The van der Waals surface area contributed by atoms with E-state index in [-0.39, 0.29) is 0 Å². The number of ether oxygens (including phenoxy) is 1. The molecule has 0 fully saturated rings. The average molecular weight is 246 g/mol. The van der Waals surface area contributed by atoms with Crippen LogP contribution in [0.25, 0.3) is 0 Å². The summed E-state index contributed by atoms with van der Waals surface area (Å²) in [6.07, 6.45) is -1.25. The first-order chi connectivity index (χ1) is 7.69. The minimum Gasteiger partial charge on any atom is -0.467 e. The molecule has 0 spiro atoms. The zero-order valence-electron chi connectivity index (χ0n) is 9.53. The summed E-state index contributed by atoms with van der Waals surface area (Å²) in [4.78, 5) is 13.4. The number of rotatable bonds is 3. The third kappa shape index (κ3) is 4.08. The largest absolute Gasteiger partial charge is 0.467 e. The maximum Gasteiger partial charge on any atom is 0.339 e. The molecule has 0 aliphatic rings. The van der Waals surface area contributed by atoms with Gasteiger partial charge in [-0.25, -0.2) is 4.79 Å². The summed E-state index contributed by atoms with van der Waals surface area (Å²) in [5, 5.41) is 9.42. The first-order valence-corrected chi connectivity index (χ1v) is 5.29. The molecule has 0 aliphatic heterocycles. The maximum atomic E-state index is 11.0. The summed E-state index contributed by atoms with van der Waals surface area (Å²) in [6, 6.07) is 6.47. The van der Waals surface area contributed by atoms with Crippen LogP contribution in [0, 0.1) is 0 Å². The lowest BCUT2D eigenvalue weighted by atomic mass is 10.1. The van der Waals surface area contributed by atoms with E-state index < -0.39 is 12.1 Å². The monoisotopic (exact) mass is 245 g/mol. The number of aliphatic hydroxyl groups excluding tert-OH is 1. The van der Waals surface area contributed by atoms with Gasteiger partial charge in [0.1, 0.15) is 0 Å². The van der Waals surface area contributed by atoms with Crippen LogP contribution in [0.15, 0.2) is 24.3 Å². The first kappa shape index (κ1) is 14.7. The van der Waals surface area contributed by atoms with Gasteiger partial charge in [-0.15, -0.1) is 0 Å².